The van der Waals surface area contributed by atoms with Crippen molar-refractivity contribution in [2.75, 3.05) is 25.4 Å². The van der Waals surface area contributed by atoms with Gasteiger partial charge >= 0.3 is 0 Å². The second-order valence-corrected chi connectivity index (χ2v) is 6.39. The fourth-order valence-electron chi connectivity index (χ4n) is 1.84. The van der Waals surface area contributed by atoms with Crippen LogP contribution in [0.15, 0.2) is 12.2 Å². The maximum atomic E-state index is 11.6. The third kappa shape index (κ3) is 11.4. The zero-order valence-electron chi connectivity index (χ0n) is 13.9. The van der Waals surface area contributed by atoms with Gasteiger partial charge < -0.3 is 10.2 Å². The number of carbonyl (C=O) groups excluding carboxylic acids is 3. The number of nitrogens with zero attached hydrogens (tertiary/aromatic N) is 1. The van der Waals surface area contributed by atoms with Crippen LogP contribution in [0.3, 0.4) is 0 Å². The van der Waals surface area contributed by atoms with E-state index in [-0.39, 0.29) is 16.9 Å². The predicted octanol–water partition coefficient (Wildman–Crippen LogP) is 2.37. The summed E-state index contributed by atoms with van der Waals surface area (Å²) in [5.74, 6) is 0.767. The first-order chi connectivity index (χ1) is 10.3. The van der Waals surface area contributed by atoms with Gasteiger partial charge in [-0.05, 0) is 38.2 Å². The van der Waals surface area contributed by atoms with Crippen LogP contribution in [0.25, 0.3) is 0 Å². The molecule has 0 aromatic carbocycles. The Hall–Kier alpha value is -1.30. The number of unbranched alkanes of at least 4 members (excludes halogenated alkanes) is 2. The first-order valence-corrected chi connectivity index (χ1v) is 8.65. The van der Waals surface area contributed by atoms with Crippen LogP contribution in [0.2, 0.25) is 0 Å². The Morgan fingerprint density at radius 2 is 1.64 bits per heavy atom. The zero-order chi connectivity index (χ0) is 17.0. The lowest BCUT2D eigenvalue weighted by Crippen LogP contribution is -2.31. The van der Waals surface area contributed by atoms with Gasteiger partial charge in [0.05, 0.1) is 0 Å². The lowest BCUT2D eigenvalue weighted by molar-refractivity contribution is -0.129. The highest BCUT2D eigenvalue weighted by Crippen LogP contribution is 2.10. The lowest BCUT2D eigenvalue weighted by atomic mass is 10.2. The fourth-order valence-corrected chi connectivity index (χ4v) is 2.54. The van der Waals surface area contributed by atoms with Crippen LogP contribution in [-0.4, -0.2) is 47.2 Å². The quantitative estimate of drug-likeness (QED) is 0.467. The number of hydrogen-bond acceptors (Lipinski definition) is 4. The van der Waals surface area contributed by atoms with Crippen molar-refractivity contribution in [3.63, 3.8) is 0 Å². The van der Waals surface area contributed by atoms with E-state index >= 15 is 0 Å². The van der Waals surface area contributed by atoms with Crippen LogP contribution in [0.4, 0.5) is 0 Å². The molecule has 0 aliphatic carbocycles. The Bertz CT molecular complexity index is 397. The SMILES string of the molecule is C=C(C)C(=O)SCCCN(CCCCCNC(C)=O)C(C)=O. The molecule has 0 aliphatic heterocycles. The van der Waals surface area contributed by atoms with Gasteiger partial charge in [0, 0.05) is 39.2 Å². The van der Waals surface area contributed by atoms with Crippen LogP contribution >= 0.6 is 11.8 Å². The molecule has 5 nitrogen and oxygen atoms in total. The summed E-state index contributed by atoms with van der Waals surface area (Å²) >= 11 is 1.26. The summed E-state index contributed by atoms with van der Waals surface area (Å²) in [4.78, 5) is 35.5. The van der Waals surface area contributed by atoms with Gasteiger partial charge in [-0.1, -0.05) is 18.3 Å². The van der Waals surface area contributed by atoms with E-state index in [1.165, 1.54) is 18.7 Å². The number of rotatable bonds is 11. The van der Waals surface area contributed by atoms with E-state index in [0.29, 0.717) is 24.4 Å². The Morgan fingerprint density at radius 1 is 1.00 bits per heavy atom. The molecule has 1 N–H and O–H groups in total. The van der Waals surface area contributed by atoms with Crippen LogP contribution in [0.1, 0.15) is 46.5 Å². The summed E-state index contributed by atoms with van der Waals surface area (Å²) in [6.07, 6.45) is 3.63. The Kier molecular flexibility index (Phi) is 11.5. The largest absolute Gasteiger partial charge is 0.356 e. The molecule has 0 aromatic rings. The summed E-state index contributed by atoms with van der Waals surface area (Å²) in [6, 6.07) is 0. The van der Waals surface area contributed by atoms with E-state index in [1.807, 2.05) is 4.90 Å². The molecule has 0 atom stereocenters. The normalized spacial score (nSPS) is 10.1. The standard InChI is InChI=1S/C16H28N2O3S/c1-13(2)16(21)22-12-8-11-18(15(4)20)10-7-5-6-9-17-14(3)19/h1,5-12H2,2-4H3,(H,17,19). The second kappa shape index (κ2) is 12.3. The van der Waals surface area contributed by atoms with Crippen LogP contribution in [0, 0.1) is 0 Å². The van der Waals surface area contributed by atoms with Crippen molar-refractivity contribution in [1.29, 1.82) is 0 Å². The lowest BCUT2D eigenvalue weighted by Gasteiger charge is -2.20. The highest BCUT2D eigenvalue weighted by molar-refractivity contribution is 8.14. The van der Waals surface area contributed by atoms with Crippen molar-refractivity contribution >= 4 is 28.7 Å². The smallest absolute Gasteiger partial charge is 0.219 e. The third-order valence-electron chi connectivity index (χ3n) is 3.08. The van der Waals surface area contributed by atoms with E-state index in [9.17, 15) is 14.4 Å². The molecule has 0 heterocycles. The van der Waals surface area contributed by atoms with E-state index in [0.717, 1.165) is 32.2 Å². The molecule has 0 fully saturated rings. The Morgan fingerprint density at radius 3 is 2.18 bits per heavy atom. The number of amides is 2. The summed E-state index contributed by atoms with van der Waals surface area (Å²) in [6.45, 7) is 10.5. The zero-order valence-corrected chi connectivity index (χ0v) is 14.8. The fraction of sp³-hybridized carbons (Fsp3) is 0.688. The van der Waals surface area contributed by atoms with E-state index in [1.54, 1.807) is 13.8 Å². The van der Waals surface area contributed by atoms with Gasteiger partial charge in [0.1, 0.15) is 0 Å². The highest BCUT2D eigenvalue weighted by atomic mass is 32.2. The molecule has 0 saturated heterocycles. The first-order valence-electron chi connectivity index (χ1n) is 7.67. The van der Waals surface area contributed by atoms with Crippen molar-refractivity contribution in [1.82, 2.24) is 10.2 Å². The van der Waals surface area contributed by atoms with Gasteiger partial charge in [0.25, 0.3) is 0 Å². The summed E-state index contributed by atoms with van der Waals surface area (Å²) in [7, 11) is 0. The summed E-state index contributed by atoms with van der Waals surface area (Å²) in [5, 5.41) is 2.78. The number of hydrogen-bond donors (Lipinski definition) is 1. The van der Waals surface area contributed by atoms with Crippen LogP contribution in [-0.2, 0) is 14.4 Å². The van der Waals surface area contributed by atoms with Crippen molar-refractivity contribution in [2.45, 2.75) is 46.5 Å². The minimum Gasteiger partial charge on any atom is -0.356 e. The molecule has 0 bridgehead atoms. The van der Waals surface area contributed by atoms with Gasteiger partial charge in [-0.25, -0.2) is 0 Å². The van der Waals surface area contributed by atoms with Gasteiger partial charge in [0.2, 0.25) is 16.9 Å². The van der Waals surface area contributed by atoms with Crippen molar-refractivity contribution in [2.24, 2.45) is 0 Å². The minimum absolute atomic E-state index is 0.00725. The summed E-state index contributed by atoms with van der Waals surface area (Å²) in [5.41, 5.74) is 0.563. The van der Waals surface area contributed by atoms with E-state index in [2.05, 4.69) is 11.9 Å². The van der Waals surface area contributed by atoms with Crippen LogP contribution < -0.4 is 5.32 Å². The van der Waals surface area contributed by atoms with Gasteiger partial charge in [0.15, 0.2) is 0 Å². The molecule has 0 rings (SSSR count). The molecular formula is C16H28N2O3S. The van der Waals surface area contributed by atoms with Crippen LogP contribution in [0.5, 0.6) is 0 Å². The molecule has 0 spiro atoms. The molecule has 0 unspecified atom stereocenters. The molecule has 22 heavy (non-hydrogen) atoms. The monoisotopic (exact) mass is 328 g/mol. The molecular weight excluding hydrogens is 300 g/mol. The van der Waals surface area contributed by atoms with E-state index < -0.39 is 0 Å². The average Bonchev–Trinajstić information content (AvgIpc) is 2.43. The average molecular weight is 328 g/mol. The van der Waals surface area contributed by atoms with Gasteiger partial charge in [-0.2, -0.15) is 0 Å². The molecule has 0 radical (unpaired) electrons. The molecule has 0 saturated carbocycles. The number of nitrogens with one attached hydrogen (secondary N) is 1. The predicted molar refractivity (Wildman–Crippen MR) is 91.7 cm³/mol. The number of thioether (sulfide) groups is 1. The van der Waals surface area contributed by atoms with Gasteiger partial charge in [-0.3, -0.25) is 14.4 Å². The van der Waals surface area contributed by atoms with Gasteiger partial charge in [-0.15, -0.1) is 0 Å². The minimum atomic E-state index is -0.00725. The highest BCUT2D eigenvalue weighted by Gasteiger charge is 2.09. The molecule has 0 aromatic heterocycles. The van der Waals surface area contributed by atoms with Crippen molar-refractivity contribution in [3.8, 4) is 0 Å². The maximum absolute atomic E-state index is 11.6. The molecule has 0 aliphatic rings. The maximum Gasteiger partial charge on any atom is 0.219 e. The third-order valence-corrected chi connectivity index (χ3v) is 4.18. The summed E-state index contributed by atoms with van der Waals surface area (Å²) < 4.78 is 0. The van der Waals surface area contributed by atoms with Crippen molar-refractivity contribution < 1.29 is 14.4 Å². The Balaban J connectivity index is 3.78. The Labute approximate surface area is 137 Å². The topological polar surface area (TPSA) is 66.5 Å². The molecule has 2 amide bonds. The second-order valence-electron chi connectivity index (χ2n) is 5.32. The molecule has 126 valence electrons. The van der Waals surface area contributed by atoms with Crippen molar-refractivity contribution in [3.05, 3.63) is 12.2 Å². The molecule has 6 heteroatoms. The van der Waals surface area contributed by atoms with E-state index in [4.69, 9.17) is 0 Å². The number of carbonyl (C=O) groups is 3. The first kappa shape index (κ1) is 20.7.